The second kappa shape index (κ2) is 5.28. The van der Waals surface area contributed by atoms with E-state index in [2.05, 4.69) is 41.9 Å². The van der Waals surface area contributed by atoms with Crippen molar-refractivity contribution in [2.45, 2.75) is 20.3 Å². The number of nitrogens with zero attached hydrogens (tertiary/aromatic N) is 1. The molecule has 0 aliphatic carbocycles. The van der Waals surface area contributed by atoms with E-state index in [4.69, 9.17) is 4.74 Å². The Labute approximate surface area is 124 Å². The van der Waals surface area contributed by atoms with Crippen molar-refractivity contribution in [3.63, 3.8) is 0 Å². The Hall–Kier alpha value is -2.23. The van der Waals surface area contributed by atoms with Gasteiger partial charge in [0.05, 0.1) is 7.11 Å². The maximum absolute atomic E-state index is 12.0. The van der Waals surface area contributed by atoms with Gasteiger partial charge in [-0.2, -0.15) is 0 Å². The highest BCUT2D eigenvalue weighted by molar-refractivity contribution is 5.96. The molecule has 3 rings (SSSR count). The molecule has 0 amide bonds. The average Bonchev–Trinajstić information content (AvgIpc) is 2.71. The summed E-state index contributed by atoms with van der Waals surface area (Å²) in [6, 6.07) is 6.40. The maximum atomic E-state index is 12.0. The minimum Gasteiger partial charge on any atom is -0.464 e. The Morgan fingerprint density at radius 2 is 2.24 bits per heavy atom. The first-order chi connectivity index (χ1) is 10.1. The van der Waals surface area contributed by atoms with Crippen molar-refractivity contribution in [3.8, 4) is 0 Å². The van der Waals surface area contributed by atoms with Crippen LogP contribution in [0.25, 0.3) is 17.0 Å². The predicted octanol–water partition coefficient (Wildman–Crippen LogP) is 2.87. The van der Waals surface area contributed by atoms with E-state index < -0.39 is 0 Å². The number of ether oxygens (including phenoxy) is 1. The molecule has 1 aliphatic heterocycles. The fourth-order valence-electron chi connectivity index (χ4n) is 2.99. The van der Waals surface area contributed by atoms with E-state index in [1.807, 2.05) is 6.08 Å². The molecule has 4 heteroatoms. The van der Waals surface area contributed by atoms with Crippen molar-refractivity contribution in [3.05, 3.63) is 40.7 Å². The van der Waals surface area contributed by atoms with Crippen LogP contribution >= 0.6 is 0 Å². The molecule has 0 fully saturated rings. The number of carbonyl (C=O) groups is 1. The second-order valence-corrected chi connectivity index (χ2v) is 5.42. The lowest BCUT2D eigenvalue weighted by Gasteiger charge is -2.22. The van der Waals surface area contributed by atoms with E-state index in [9.17, 15) is 4.79 Å². The average molecular weight is 284 g/mol. The van der Waals surface area contributed by atoms with Gasteiger partial charge < -0.3 is 14.6 Å². The van der Waals surface area contributed by atoms with Gasteiger partial charge in [0.2, 0.25) is 0 Å². The molecule has 1 aliphatic rings. The van der Waals surface area contributed by atoms with Crippen LogP contribution < -0.4 is 0 Å². The number of aromatic amines is 1. The number of esters is 1. The summed E-state index contributed by atoms with van der Waals surface area (Å²) in [6.45, 7) is 5.77. The maximum Gasteiger partial charge on any atom is 0.354 e. The number of hydrogen-bond acceptors (Lipinski definition) is 3. The Balaban J connectivity index is 2.17. The smallest absolute Gasteiger partial charge is 0.354 e. The van der Waals surface area contributed by atoms with Gasteiger partial charge in [0.1, 0.15) is 5.70 Å². The number of nitrogens with one attached hydrogen (secondary N) is 1. The van der Waals surface area contributed by atoms with Crippen LogP contribution in [0.15, 0.2) is 23.9 Å². The van der Waals surface area contributed by atoms with Crippen molar-refractivity contribution in [2.24, 2.45) is 0 Å². The molecular weight excluding hydrogens is 264 g/mol. The molecule has 0 saturated heterocycles. The third-order valence-electron chi connectivity index (χ3n) is 4.12. The number of likely N-dealkylation sites (N-methyl/N-ethyl adjacent to an activating group) is 1. The number of fused-ring (bicyclic) bond motifs is 3. The topological polar surface area (TPSA) is 45.3 Å². The zero-order chi connectivity index (χ0) is 15.0. The van der Waals surface area contributed by atoms with Crippen LogP contribution in [0.4, 0.5) is 0 Å². The minimum absolute atomic E-state index is 0.278. The molecular formula is C17H20N2O2. The lowest BCUT2D eigenvalue weighted by molar-refractivity contribution is -0.137. The predicted molar refractivity (Wildman–Crippen MR) is 84.0 cm³/mol. The van der Waals surface area contributed by atoms with Gasteiger partial charge in [0, 0.05) is 29.7 Å². The van der Waals surface area contributed by atoms with Crippen molar-refractivity contribution in [1.82, 2.24) is 9.88 Å². The van der Waals surface area contributed by atoms with Crippen molar-refractivity contribution in [1.29, 1.82) is 0 Å². The molecule has 0 bridgehead atoms. The summed E-state index contributed by atoms with van der Waals surface area (Å²) >= 11 is 0. The van der Waals surface area contributed by atoms with Crippen molar-refractivity contribution < 1.29 is 9.53 Å². The highest BCUT2D eigenvalue weighted by Crippen LogP contribution is 2.29. The van der Waals surface area contributed by atoms with Gasteiger partial charge in [-0.3, -0.25) is 0 Å². The van der Waals surface area contributed by atoms with E-state index in [-0.39, 0.29) is 5.97 Å². The molecule has 1 aromatic carbocycles. The summed E-state index contributed by atoms with van der Waals surface area (Å²) in [5, 5.41) is 1.25. The van der Waals surface area contributed by atoms with Crippen LogP contribution in [0, 0.1) is 6.92 Å². The first-order valence-electron chi connectivity index (χ1n) is 7.30. The molecule has 1 aromatic heterocycles. The molecule has 4 nitrogen and oxygen atoms in total. The Bertz CT molecular complexity index is 728. The van der Waals surface area contributed by atoms with E-state index in [1.165, 1.54) is 23.6 Å². The molecule has 0 radical (unpaired) electrons. The molecule has 0 atom stereocenters. The molecule has 21 heavy (non-hydrogen) atoms. The second-order valence-electron chi connectivity index (χ2n) is 5.42. The monoisotopic (exact) mass is 284 g/mol. The third kappa shape index (κ3) is 2.31. The summed E-state index contributed by atoms with van der Waals surface area (Å²) in [6.07, 6.45) is 2.84. The normalized spacial score (nSPS) is 14.6. The number of aromatic nitrogens is 1. The van der Waals surface area contributed by atoms with Crippen LogP contribution in [0.1, 0.15) is 23.7 Å². The van der Waals surface area contributed by atoms with Crippen molar-refractivity contribution >= 4 is 22.9 Å². The fraction of sp³-hybridized carbons (Fsp3) is 0.353. The summed E-state index contributed by atoms with van der Waals surface area (Å²) in [5.74, 6) is -0.278. The number of H-pyrrole nitrogens is 1. The number of methoxy groups -OCH3 is 1. The largest absolute Gasteiger partial charge is 0.464 e. The van der Waals surface area contributed by atoms with Gasteiger partial charge >= 0.3 is 5.97 Å². The summed E-state index contributed by atoms with van der Waals surface area (Å²) < 4.78 is 4.92. The SMILES string of the molecule is CCN1CCc2c([nH]c3ccc(C)cc23)C=C1C(=O)OC. The van der Waals surface area contributed by atoms with Crippen LogP contribution in [-0.2, 0) is 16.0 Å². The number of aryl methyl sites for hydroxylation is 1. The first kappa shape index (κ1) is 13.7. The molecule has 2 aromatic rings. The van der Waals surface area contributed by atoms with Crippen LogP contribution in [0.2, 0.25) is 0 Å². The highest BCUT2D eigenvalue weighted by atomic mass is 16.5. The minimum atomic E-state index is -0.278. The van der Waals surface area contributed by atoms with Gasteiger partial charge in [-0.1, -0.05) is 11.6 Å². The molecule has 0 unspecified atom stereocenters. The molecule has 110 valence electrons. The van der Waals surface area contributed by atoms with Crippen LogP contribution in [0.3, 0.4) is 0 Å². The lowest BCUT2D eigenvalue weighted by Crippen LogP contribution is -2.29. The van der Waals surface area contributed by atoms with Gasteiger partial charge in [0.25, 0.3) is 0 Å². The van der Waals surface area contributed by atoms with Gasteiger partial charge in [-0.05, 0) is 44.0 Å². The number of rotatable bonds is 2. The zero-order valence-electron chi connectivity index (χ0n) is 12.7. The Kier molecular flexibility index (Phi) is 3.45. The summed E-state index contributed by atoms with van der Waals surface area (Å²) in [5.41, 5.74) is 5.30. The van der Waals surface area contributed by atoms with Gasteiger partial charge in [0.15, 0.2) is 0 Å². The lowest BCUT2D eigenvalue weighted by atomic mass is 10.1. The number of carbonyl (C=O) groups excluding carboxylic acids is 1. The highest BCUT2D eigenvalue weighted by Gasteiger charge is 2.23. The molecule has 0 spiro atoms. The third-order valence-corrected chi connectivity index (χ3v) is 4.12. The quantitative estimate of drug-likeness (QED) is 0.863. The van der Waals surface area contributed by atoms with Gasteiger partial charge in [-0.15, -0.1) is 0 Å². The molecule has 1 N–H and O–H groups in total. The van der Waals surface area contributed by atoms with Crippen LogP contribution in [0.5, 0.6) is 0 Å². The number of benzene rings is 1. The zero-order valence-corrected chi connectivity index (χ0v) is 12.7. The first-order valence-corrected chi connectivity index (χ1v) is 7.30. The van der Waals surface area contributed by atoms with E-state index in [0.29, 0.717) is 5.70 Å². The van der Waals surface area contributed by atoms with E-state index in [0.717, 1.165) is 30.7 Å². The number of hydrogen-bond donors (Lipinski definition) is 1. The van der Waals surface area contributed by atoms with Crippen molar-refractivity contribution in [2.75, 3.05) is 20.2 Å². The molecule has 2 heterocycles. The van der Waals surface area contributed by atoms with E-state index in [1.54, 1.807) is 0 Å². The Morgan fingerprint density at radius 1 is 1.43 bits per heavy atom. The fourth-order valence-corrected chi connectivity index (χ4v) is 2.99. The molecule has 0 saturated carbocycles. The van der Waals surface area contributed by atoms with E-state index >= 15 is 0 Å². The van der Waals surface area contributed by atoms with Gasteiger partial charge in [-0.25, -0.2) is 4.79 Å². The van der Waals surface area contributed by atoms with Crippen LogP contribution in [-0.4, -0.2) is 36.1 Å². The summed E-state index contributed by atoms with van der Waals surface area (Å²) in [4.78, 5) is 17.5. The summed E-state index contributed by atoms with van der Waals surface area (Å²) in [7, 11) is 1.43. The Morgan fingerprint density at radius 3 is 2.95 bits per heavy atom. The standard InChI is InChI=1S/C17H20N2O2/c1-4-19-8-7-12-13-9-11(2)5-6-14(13)18-15(12)10-16(19)17(20)21-3/h5-6,9-10,18H,4,7-8H2,1-3H3.